The van der Waals surface area contributed by atoms with Gasteiger partial charge in [-0.25, -0.2) is 9.59 Å². The highest BCUT2D eigenvalue weighted by atomic mass is 16.4. The van der Waals surface area contributed by atoms with E-state index < -0.39 is 30.4 Å². The lowest BCUT2D eigenvalue weighted by atomic mass is 10.2. The van der Waals surface area contributed by atoms with Crippen molar-refractivity contribution < 1.29 is 19.5 Å². The number of amides is 3. The summed E-state index contributed by atoms with van der Waals surface area (Å²) in [4.78, 5) is 34.4. The molecule has 0 radical (unpaired) electrons. The smallest absolute Gasteiger partial charge is 0.326 e. The number of hydrogen-bond acceptors (Lipinski definition) is 3. The third-order valence-electron chi connectivity index (χ3n) is 2.02. The molecule has 1 atom stereocenters. The summed E-state index contributed by atoms with van der Waals surface area (Å²) in [6, 6.07) is -1.88. The van der Waals surface area contributed by atoms with E-state index in [0.717, 1.165) is 0 Å². The zero-order valence-corrected chi connectivity index (χ0v) is 9.68. The van der Waals surface area contributed by atoms with Crippen molar-refractivity contribution in [3.8, 4) is 0 Å². The summed E-state index contributed by atoms with van der Waals surface area (Å²) in [7, 11) is 0. The number of hydrogen-bond donors (Lipinski definition) is 3. The molecule has 7 heteroatoms. The van der Waals surface area contributed by atoms with Crippen LogP contribution in [0.3, 0.4) is 0 Å². The average Bonchev–Trinajstić information content (AvgIpc) is 2.23. The Bertz CT molecular complexity index is 317. The number of urea groups is 1. The van der Waals surface area contributed by atoms with Crippen molar-refractivity contribution in [2.45, 2.75) is 19.4 Å². The van der Waals surface area contributed by atoms with Gasteiger partial charge in [-0.15, -0.1) is 6.58 Å². The fourth-order valence-corrected chi connectivity index (χ4v) is 1.15. The summed E-state index contributed by atoms with van der Waals surface area (Å²) in [5.74, 6) is -2.09. The van der Waals surface area contributed by atoms with E-state index in [2.05, 4.69) is 11.9 Å². The molecular formula is C10H17N3O4. The Hall–Kier alpha value is -2.05. The van der Waals surface area contributed by atoms with Crippen LogP contribution in [0.4, 0.5) is 4.79 Å². The summed E-state index contributed by atoms with van der Waals surface area (Å²) < 4.78 is 0. The molecule has 4 N–H and O–H groups in total. The van der Waals surface area contributed by atoms with Gasteiger partial charge in [0.25, 0.3) is 0 Å². The predicted octanol–water partition coefficient (Wildman–Crippen LogP) is -0.467. The van der Waals surface area contributed by atoms with E-state index in [1.807, 2.05) is 0 Å². The quantitative estimate of drug-likeness (QED) is 0.525. The van der Waals surface area contributed by atoms with Gasteiger partial charge < -0.3 is 21.1 Å². The SMILES string of the molecule is C=CCN(CC)C(=O)N[C@H](CC(N)=O)C(=O)O. The number of carbonyl (C=O) groups excluding carboxylic acids is 2. The lowest BCUT2D eigenvalue weighted by molar-refractivity contribution is -0.140. The molecule has 96 valence electrons. The first-order valence-electron chi connectivity index (χ1n) is 5.09. The fourth-order valence-electron chi connectivity index (χ4n) is 1.15. The molecule has 0 aliphatic rings. The van der Waals surface area contributed by atoms with Gasteiger partial charge in [0.2, 0.25) is 5.91 Å². The van der Waals surface area contributed by atoms with Gasteiger partial charge in [-0.1, -0.05) is 6.08 Å². The molecule has 3 amide bonds. The molecular weight excluding hydrogens is 226 g/mol. The van der Waals surface area contributed by atoms with Gasteiger partial charge in [-0.3, -0.25) is 4.79 Å². The molecule has 0 spiro atoms. The van der Waals surface area contributed by atoms with Crippen molar-refractivity contribution in [1.29, 1.82) is 0 Å². The van der Waals surface area contributed by atoms with Gasteiger partial charge in [0.1, 0.15) is 6.04 Å². The van der Waals surface area contributed by atoms with Crippen LogP contribution in [0.25, 0.3) is 0 Å². The van der Waals surface area contributed by atoms with Gasteiger partial charge in [0, 0.05) is 13.1 Å². The number of carboxylic acid groups (broad SMARTS) is 1. The zero-order valence-electron chi connectivity index (χ0n) is 9.68. The first-order valence-corrected chi connectivity index (χ1v) is 5.09. The molecule has 0 aromatic heterocycles. The first-order chi connectivity index (χ1) is 7.92. The molecule has 0 aromatic carbocycles. The number of nitrogens with two attached hydrogens (primary N) is 1. The minimum atomic E-state index is -1.31. The van der Waals surface area contributed by atoms with E-state index in [0.29, 0.717) is 13.1 Å². The second kappa shape index (κ2) is 7.26. The summed E-state index contributed by atoms with van der Waals surface area (Å²) in [6.45, 7) is 5.92. The third-order valence-corrected chi connectivity index (χ3v) is 2.02. The number of primary amides is 1. The molecule has 0 aromatic rings. The van der Waals surface area contributed by atoms with Crippen LogP contribution in [0.1, 0.15) is 13.3 Å². The number of carbonyl (C=O) groups is 3. The standard InChI is InChI=1S/C10H17N3O4/c1-3-5-13(4-2)10(17)12-7(9(15)16)6-8(11)14/h3,7H,1,4-6H2,2H3,(H2,11,14)(H,12,17)(H,15,16)/t7-/m1/s1. The first kappa shape index (κ1) is 14.9. The predicted molar refractivity (Wildman–Crippen MR) is 61.2 cm³/mol. The highest BCUT2D eigenvalue weighted by Gasteiger charge is 2.23. The summed E-state index contributed by atoms with van der Waals surface area (Å²) in [5, 5.41) is 11.0. The fraction of sp³-hybridized carbons (Fsp3) is 0.500. The van der Waals surface area contributed by atoms with Crippen molar-refractivity contribution in [2.24, 2.45) is 5.73 Å². The van der Waals surface area contributed by atoms with Crippen molar-refractivity contribution in [3.63, 3.8) is 0 Å². The zero-order chi connectivity index (χ0) is 13.4. The second-order valence-electron chi connectivity index (χ2n) is 3.34. The van der Waals surface area contributed by atoms with Crippen molar-refractivity contribution >= 4 is 17.9 Å². The maximum Gasteiger partial charge on any atom is 0.326 e. The molecule has 0 heterocycles. The monoisotopic (exact) mass is 243 g/mol. The molecule has 0 bridgehead atoms. The van der Waals surface area contributed by atoms with Crippen LogP contribution in [-0.2, 0) is 9.59 Å². The Morgan fingerprint density at radius 1 is 1.53 bits per heavy atom. The molecule has 17 heavy (non-hydrogen) atoms. The van der Waals surface area contributed by atoms with Crippen LogP contribution in [0.15, 0.2) is 12.7 Å². The van der Waals surface area contributed by atoms with Crippen molar-refractivity contribution in [3.05, 3.63) is 12.7 Å². The molecule has 0 unspecified atom stereocenters. The van der Waals surface area contributed by atoms with Crippen LogP contribution in [0.2, 0.25) is 0 Å². The molecule has 0 aliphatic carbocycles. The molecule has 0 rings (SSSR count). The minimum absolute atomic E-state index is 0.297. The Morgan fingerprint density at radius 2 is 2.12 bits per heavy atom. The van der Waals surface area contributed by atoms with Crippen LogP contribution in [-0.4, -0.2) is 47.0 Å². The topological polar surface area (TPSA) is 113 Å². The molecule has 0 fully saturated rings. The highest BCUT2D eigenvalue weighted by molar-refractivity contribution is 5.87. The number of nitrogens with zero attached hydrogens (tertiary/aromatic N) is 1. The minimum Gasteiger partial charge on any atom is -0.480 e. The number of carboxylic acids is 1. The van der Waals surface area contributed by atoms with E-state index in [1.165, 1.54) is 11.0 Å². The highest BCUT2D eigenvalue weighted by Crippen LogP contribution is 1.96. The van der Waals surface area contributed by atoms with Crippen LogP contribution in [0.5, 0.6) is 0 Å². The van der Waals surface area contributed by atoms with Crippen LogP contribution < -0.4 is 11.1 Å². The number of likely N-dealkylation sites (N-methyl/N-ethyl adjacent to an activating group) is 1. The molecule has 0 saturated heterocycles. The second-order valence-corrected chi connectivity index (χ2v) is 3.34. The number of aliphatic carboxylic acids is 1. The van der Waals surface area contributed by atoms with Crippen LogP contribution >= 0.6 is 0 Å². The van der Waals surface area contributed by atoms with Gasteiger partial charge in [0.15, 0.2) is 0 Å². The van der Waals surface area contributed by atoms with Crippen LogP contribution in [0, 0.1) is 0 Å². The largest absolute Gasteiger partial charge is 0.480 e. The lowest BCUT2D eigenvalue weighted by Gasteiger charge is -2.22. The summed E-state index contributed by atoms with van der Waals surface area (Å²) >= 11 is 0. The Labute approximate surface area is 99.3 Å². The maximum atomic E-state index is 11.6. The van der Waals surface area contributed by atoms with Gasteiger partial charge in [-0.05, 0) is 6.92 Å². The maximum absolute atomic E-state index is 11.6. The Morgan fingerprint density at radius 3 is 2.47 bits per heavy atom. The van der Waals surface area contributed by atoms with Gasteiger partial charge in [-0.2, -0.15) is 0 Å². The summed E-state index contributed by atoms with van der Waals surface area (Å²) in [6.07, 6.45) is 1.08. The van der Waals surface area contributed by atoms with Crippen molar-refractivity contribution in [2.75, 3.05) is 13.1 Å². The van der Waals surface area contributed by atoms with Crippen molar-refractivity contribution in [1.82, 2.24) is 10.2 Å². The number of nitrogens with one attached hydrogen (secondary N) is 1. The van der Waals surface area contributed by atoms with E-state index in [4.69, 9.17) is 10.8 Å². The molecule has 7 nitrogen and oxygen atoms in total. The van der Waals surface area contributed by atoms with Gasteiger partial charge >= 0.3 is 12.0 Å². The molecule has 0 saturated carbocycles. The average molecular weight is 243 g/mol. The van der Waals surface area contributed by atoms with E-state index in [1.54, 1.807) is 6.92 Å². The number of rotatable bonds is 7. The Kier molecular flexibility index (Phi) is 6.39. The van der Waals surface area contributed by atoms with E-state index in [-0.39, 0.29) is 0 Å². The van der Waals surface area contributed by atoms with E-state index >= 15 is 0 Å². The molecule has 0 aliphatic heterocycles. The summed E-state index contributed by atoms with van der Waals surface area (Å²) in [5.41, 5.74) is 4.89. The Balaban J connectivity index is 4.52. The lowest BCUT2D eigenvalue weighted by Crippen LogP contribution is -2.49. The normalized spacial score (nSPS) is 11.4. The van der Waals surface area contributed by atoms with E-state index in [9.17, 15) is 14.4 Å². The van der Waals surface area contributed by atoms with Gasteiger partial charge in [0.05, 0.1) is 6.42 Å². The third kappa shape index (κ3) is 5.55.